The SMILES string of the molecule is Cc1ccc(-c2nc(C(=O)O)c(C(=O)O)nc2-c2ccc(C)cc2)cc1. The largest absolute Gasteiger partial charge is 0.476 e. The van der Waals surface area contributed by atoms with E-state index in [0.29, 0.717) is 22.5 Å². The Bertz CT molecular complexity index is 911. The smallest absolute Gasteiger partial charge is 0.357 e. The van der Waals surface area contributed by atoms with Crippen molar-refractivity contribution in [2.75, 3.05) is 0 Å². The second kappa shape index (κ2) is 6.76. The molecule has 0 unspecified atom stereocenters. The summed E-state index contributed by atoms with van der Waals surface area (Å²) in [6, 6.07) is 14.7. The van der Waals surface area contributed by atoms with Crippen LogP contribution in [0.2, 0.25) is 0 Å². The Morgan fingerprint density at radius 3 is 1.23 bits per heavy atom. The molecule has 0 radical (unpaired) electrons. The average molecular weight is 348 g/mol. The molecule has 0 saturated carbocycles. The monoisotopic (exact) mass is 348 g/mol. The maximum absolute atomic E-state index is 11.5. The molecule has 6 nitrogen and oxygen atoms in total. The van der Waals surface area contributed by atoms with Crippen LogP contribution in [-0.2, 0) is 0 Å². The number of nitrogens with zero attached hydrogens (tertiary/aromatic N) is 2. The van der Waals surface area contributed by atoms with Crippen molar-refractivity contribution in [3.63, 3.8) is 0 Å². The minimum atomic E-state index is -1.43. The van der Waals surface area contributed by atoms with Crippen LogP contribution in [0.4, 0.5) is 0 Å². The summed E-state index contributed by atoms with van der Waals surface area (Å²) >= 11 is 0. The van der Waals surface area contributed by atoms with Crippen LogP contribution in [0.1, 0.15) is 32.1 Å². The van der Waals surface area contributed by atoms with Crippen molar-refractivity contribution in [3.05, 3.63) is 71.0 Å². The molecule has 0 spiro atoms. The lowest BCUT2D eigenvalue weighted by Crippen LogP contribution is -2.15. The van der Waals surface area contributed by atoms with E-state index in [0.717, 1.165) is 11.1 Å². The summed E-state index contributed by atoms with van der Waals surface area (Å²) in [7, 11) is 0. The predicted molar refractivity (Wildman–Crippen MR) is 96.3 cm³/mol. The topological polar surface area (TPSA) is 100 Å². The number of rotatable bonds is 4. The highest BCUT2D eigenvalue weighted by Gasteiger charge is 2.24. The Labute approximate surface area is 149 Å². The van der Waals surface area contributed by atoms with Crippen molar-refractivity contribution < 1.29 is 19.8 Å². The quantitative estimate of drug-likeness (QED) is 0.743. The van der Waals surface area contributed by atoms with Gasteiger partial charge in [-0.25, -0.2) is 19.6 Å². The van der Waals surface area contributed by atoms with Gasteiger partial charge in [-0.05, 0) is 13.8 Å². The zero-order valence-electron chi connectivity index (χ0n) is 14.2. The molecule has 1 aromatic heterocycles. The van der Waals surface area contributed by atoms with E-state index in [1.165, 1.54) is 0 Å². The van der Waals surface area contributed by atoms with Gasteiger partial charge in [-0.2, -0.15) is 0 Å². The second-order valence-corrected chi connectivity index (χ2v) is 5.96. The molecule has 6 heteroatoms. The zero-order valence-corrected chi connectivity index (χ0v) is 14.2. The van der Waals surface area contributed by atoms with E-state index in [4.69, 9.17) is 0 Å². The van der Waals surface area contributed by atoms with Crippen molar-refractivity contribution in [1.82, 2.24) is 9.97 Å². The van der Waals surface area contributed by atoms with Crippen LogP contribution < -0.4 is 0 Å². The highest BCUT2D eigenvalue weighted by atomic mass is 16.4. The van der Waals surface area contributed by atoms with Gasteiger partial charge in [-0.1, -0.05) is 59.7 Å². The minimum absolute atomic E-state index is 0.330. The third kappa shape index (κ3) is 3.30. The third-order valence-corrected chi connectivity index (χ3v) is 3.95. The van der Waals surface area contributed by atoms with Crippen LogP contribution in [0.25, 0.3) is 22.5 Å². The predicted octanol–water partition coefficient (Wildman–Crippen LogP) is 3.82. The number of aromatic nitrogens is 2. The first-order chi connectivity index (χ1) is 12.4. The standard InChI is InChI=1S/C20H16N2O4/c1-11-3-7-13(8-4-11)15-16(14-9-5-12(2)6-10-14)22-18(20(25)26)17(21-15)19(23)24/h3-10H,1-2H3,(H,23,24)(H,25,26). The molecule has 1 heterocycles. The summed E-state index contributed by atoms with van der Waals surface area (Å²) in [6.07, 6.45) is 0. The summed E-state index contributed by atoms with van der Waals surface area (Å²) in [5.41, 5.74) is 2.91. The molecule has 0 bridgehead atoms. The first-order valence-corrected chi connectivity index (χ1v) is 7.89. The van der Waals surface area contributed by atoms with Crippen LogP contribution in [0.3, 0.4) is 0 Å². The molecular formula is C20H16N2O4. The fourth-order valence-corrected chi connectivity index (χ4v) is 2.56. The first-order valence-electron chi connectivity index (χ1n) is 7.89. The molecule has 0 aliphatic carbocycles. The Balaban J connectivity index is 2.33. The number of carbonyl (C=O) groups is 2. The number of hydrogen-bond acceptors (Lipinski definition) is 4. The van der Waals surface area contributed by atoms with Crippen molar-refractivity contribution in [3.8, 4) is 22.5 Å². The minimum Gasteiger partial charge on any atom is -0.476 e. The molecule has 3 aromatic rings. The molecule has 3 rings (SSSR count). The number of aryl methyl sites for hydroxylation is 2. The van der Waals surface area contributed by atoms with Gasteiger partial charge in [-0.15, -0.1) is 0 Å². The fourth-order valence-electron chi connectivity index (χ4n) is 2.56. The van der Waals surface area contributed by atoms with E-state index < -0.39 is 23.3 Å². The number of hydrogen-bond donors (Lipinski definition) is 2. The molecule has 0 aliphatic heterocycles. The third-order valence-electron chi connectivity index (χ3n) is 3.95. The van der Waals surface area contributed by atoms with Crippen LogP contribution >= 0.6 is 0 Å². The maximum atomic E-state index is 11.5. The lowest BCUT2D eigenvalue weighted by atomic mass is 10.0. The average Bonchev–Trinajstić information content (AvgIpc) is 2.62. The van der Waals surface area contributed by atoms with Gasteiger partial charge in [0.15, 0.2) is 11.4 Å². The first kappa shape index (κ1) is 17.3. The lowest BCUT2D eigenvalue weighted by Gasteiger charge is -2.12. The summed E-state index contributed by atoms with van der Waals surface area (Å²) in [5.74, 6) is -2.86. The van der Waals surface area contributed by atoms with Gasteiger partial charge >= 0.3 is 11.9 Å². The number of benzene rings is 2. The van der Waals surface area contributed by atoms with Crippen LogP contribution in [0.15, 0.2) is 48.5 Å². The summed E-state index contributed by atoms with van der Waals surface area (Å²) < 4.78 is 0. The van der Waals surface area contributed by atoms with Gasteiger partial charge in [-0.3, -0.25) is 0 Å². The number of carboxylic acid groups (broad SMARTS) is 2. The van der Waals surface area contributed by atoms with Gasteiger partial charge in [0.25, 0.3) is 0 Å². The van der Waals surface area contributed by atoms with Crippen molar-refractivity contribution >= 4 is 11.9 Å². The molecule has 2 aromatic carbocycles. The maximum Gasteiger partial charge on any atom is 0.357 e. The molecule has 0 amide bonds. The van der Waals surface area contributed by atoms with Gasteiger partial charge in [0.2, 0.25) is 0 Å². The van der Waals surface area contributed by atoms with Crippen LogP contribution in [-0.4, -0.2) is 32.1 Å². The van der Waals surface area contributed by atoms with Crippen molar-refractivity contribution in [2.45, 2.75) is 13.8 Å². The summed E-state index contributed by atoms with van der Waals surface area (Å²) in [6.45, 7) is 3.87. The number of aromatic carboxylic acids is 2. The Morgan fingerprint density at radius 2 is 0.962 bits per heavy atom. The van der Waals surface area contributed by atoms with Crippen LogP contribution in [0.5, 0.6) is 0 Å². The van der Waals surface area contributed by atoms with Crippen molar-refractivity contribution in [2.24, 2.45) is 0 Å². The van der Waals surface area contributed by atoms with E-state index in [1.807, 2.05) is 62.4 Å². The molecule has 0 atom stereocenters. The normalized spacial score (nSPS) is 10.5. The van der Waals surface area contributed by atoms with E-state index >= 15 is 0 Å². The lowest BCUT2D eigenvalue weighted by molar-refractivity contribution is 0.0641. The van der Waals surface area contributed by atoms with E-state index in [2.05, 4.69) is 9.97 Å². The molecule has 0 aliphatic rings. The molecular weight excluding hydrogens is 332 g/mol. The highest BCUT2D eigenvalue weighted by Crippen LogP contribution is 2.30. The molecule has 2 N–H and O–H groups in total. The van der Waals surface area contributed by atoms with Crippen molar-refractivity contribution in [1.29, 1.82) is 0 Å². The Kier molecular flexibility index (Phi) is 4.49. The molecule has 0 saturated heterocycles. The zero-order chi connectivity index (χ0) is 18.8. The summed E-state index contributed by atoms with van der Waals surface area (Å²) in [4.78, 5) is 31.3. The molecule has 26 heavy (non-hydrogen) atoms. The Morgan fingerprint density at radius 1 is 0.654 bits per heavy atom. The van der Waals surface area contributed by atoms with Gasteiger partial charge in [0.1, 0.15) is 0 Å². The molecule has 0 fully saturated rings. The van der Waals surface area contributed by atoms with Gasteiger partial charge in [0.05, 0.1) is 11.4 Å². The highest BCUT2D eigenvalue weighted by molar-refractivity contribution is 6.00. The second-order valence-electron chi connectivity index (χ2n) is 5.96. The van der Waals surface area contributed by atoms with Gasteiger partial charge < -0.3 is 10.2 Å². The summed E-state index contributed by atoms with van der Waals surface area (Å²) in [5, 5.41) is 18.7. The fraction of sp³-hybridized carbons (Fsp3) is 0.100. The Hall–Kier alpha value is -3.54. The van der Waals surface area contributed by atoms with E-state index in [9.17, 15) is 19.8 Å². The van der Waals surface area contributed by atoms with Crippen LogP contribution in [0, 0.1) is 13.8 Å². The number of carboxylic acids is 2. The van der Waals surface area contributed by atoms with E-state index in [-0.39, 0.29) is 0 Å². The molecule has 130 valence electrons. The van der Waals surface area contributed by atoms with Gasteiger partial charge in [0, 0.05) is 11.1 Å². The van der Waals surface area contributed by atoms with E-state index in [1.54, 1.807) is 0 Å².